The number of anilines is 1. The molecule has 4 rings (SSSR count). The molecule has 3 atom stereocenters. The summed E-state index contributed by atoms with van der Waals surface area (Å²) in [7, 11) is 0. The van der Waals surface area contributed by atoms with E-state index in [0.29, 0.717) is 28.5 Å². The number of nitrogens with zero attached hydrogens (tertiary/aromatic N) is 3. The minimum atomic E-state index is -1.07. The molecule has 1 aromatic heterocycles. The molecule has 1 unspecified atom stereocenters. The highest BCUT2D eigenvalue weighted by molar-refractivity contribution is 6.30. The number of halogens is 4. The summed E-state index contributed by atoms with van der Waals surface area (Å²) >= 11 is 6.14. The molecule has 4 nitrogen and oxygen atoms in total. The number of imidazole rings is 1. The van der Waals surface area contributed by atoms with Crippen molar-refractivity contribution < 1.29 is 13.2 Å². The van der Waals surface area contributed by atoms with Crippen LogP contribution in [0.4, 0.5) is 19.1 Å². The normalized spacial score (nSPS) is 21.3. The number of piperidine rings is 1. The lowest BCUT2D eigenvalue weighted by Crippen LogP contribution is -2.50. The Morgan fingerprint density at radius 3 is 2.68 bits per heavy atom. The van der Waals surface area contributed by atoms with Crippen LogP contribution in [0.25, 0.3) is 11.0 Å². The Bertz CT molecular complexity index is 1020. The van der Waals surface area contributed by atoms with E-state index in [0.717, 1.165) is 17.7 Å². The van der Waals surface area contributed by atoms with E-state index in [-0.39, 0.29) is 19.0 Å². The Morgan fingerprint density at radius 2 is 1.96 bits per heavy atom. The molecule has 148 valence electrons. The molecule has 0 bridgehead atoms. The van der Waals surface area contributed by atoms with Crippen molar-refractivity contribution in [2.24, 2.45) is 5.73 Å². The van der Waals surface area contributed by atoms with Gasteiger partial charge >= 0.3 is 0 Å². The van der Waals surface area contributed by atoms with Crippen LogP contribution >= 0.6 is 11.6 Å². The summed E-state index contributed by atoms with van der Waals surface area (Å²) in [5.41, 5.74) is 7.59. The molecule has 0 aliphatic carbocycles. The monoisotopic (exact) mass is 408 g/mol. The van der Waals surface area contributed by atoms with E-state index in [4.69, 9.17) is 17.3 Å². The van der Waals surface area contributed by atoms with Gasteiger partial charge in [0.05, 0.1) is 23.1 Å². The number of fused-ring (bicyclic) bond motifs is 1. The van der Waals surface area contributed by atoms with E-state index >= 15 is 0 Å². The standard InChI is InChI=1S/C20H20ClF3N4/c1-11(12-3-2-4-13(21)7-12)28-19-9-16(24)15(23)8-18(19)26-20(28)27-6-5-14(22)17(25)10-27/h2-4,7-9,11,14,17H,5-6,10,25H2,1H3/t11?,14-,17-/m1/s1. The van der Waals surface area contributed by atoms with E-state index in [1.807, 2.05) is 34.6 Å². The lowest BCUT2D eigenvalue weighted by molar-refractivity contribution is 0.243. The van der Waals surface area contributed by atoms with Crippen LogP contribution < -0.4 is 10.6 Å². The van der Waals surface area contributed by atoms with Gasteiger partial charge in [0.2, 0.25) is 5.95 Å². The molecule has 8 heteroatoms. The fraction of sp³-hybridized carbons (Fsp3) is 0.350. The van der Waals surface area contributed by atoms with Crippen molar-refractivity contribution in [3.63, 3.8) is 0 Å². The Labute approximate surface area is 165 Å². The van der Waals surface area contributed by atoms with Crippen molar-refractivity contribution in [1.82, 2.24) is 9.55 Å². The van der Waals surface area contributed by atoms with Crippen LogP contribution in [0, 0.1) is 11.6 Å². The van der Waals surface area contributed by atoms with Crippen molar-refractivity contribution in [2.75, 3.05) is 18.0 Å². The molecule has 0 spiro atoms. The fourth-order valence-corrected chi connectivity index (χ4v) is 3.93. The second-order valence-electron chi connectivity index (χ2n) is 7.18. The van der Waals surface area contributed by atoms with Gasteiger partial charge < -0.3 is 15.2 Å². The lowest BCUT2D eigenvalue weighted by Gasteiger charge is -2.35. The van der Waals surface area contributed by atoms with Crippen LogP contribution in [0.1, 0.15) is 24.9 Å². The molecule has 2 heterocycles. The summed E-state index contributed by atoms with van der Waals surface area (Å²) in [5.74, 6) is -1.40. The number of rotatable bonds is 3. The quantitative estimate of drug-likeness (QED) is 0.696. The molecule has 0 amide bonds. The molecule has 1 fully saturated rings. The fourth-order valence-electron chi connectivity index (χ4n) is 3.73. The van der Waals surface area contributed by atoms with Gasteiger partial charge in [0.1, 0.15) is 6.17 Å². The molecule has 0 saturated carbocycles. The van der Waals surface area contributed by atoms with Gasteiger partial charge in [0.15, 0.2) is 11.6 Å². The van der Waals surface area contributed by atoms with E-state index in [2.05, 4.69) is 4.98 Å². The minimum absolute atomic E-state index is 0.261. The average Bonchev–Trinajstić information content (AvgIpc) is 3.02. The maximum Gasteiger partial charge on any atom is 0.207 e. The zero-order valence-corrected chi connectivity index (χ0v) is 16.0. The number of alkyl halides is 1. The first kappa shape index (κ1) is 19.1. The van der Waals surface area contributed by atoms with E-state index in [9.17, 15) is 13.2 Å². The van der Waals surface area contributed by atoms with Crippen molar-refractivity contribution in [3.8, 4) is 0 Å². The third kappa shape index (κ3) is 3.33. The van der Waals surface area contributed by atoms with Gasteiger partial charge in [0.25, 0.3) is 0 Å². The molecular formula is C20H20ClF3N4. The smallest absolute Gasteiger partial charge is 0.207 e. The van der Waals surface area contributed by atoms with E-state index in [1.165, 1.54) is 0 Å². The van der Waals surface area contributed by atoms with Gasteiger partial charge in [-0.15, -0.1) is 0 Å². The summed E-state index contributed by atoms with van der Waals surface area (Å²) < 4.78 is 43.5. The molecule has 28 heavy (non-hydrogen) atoms. The van der Waals surface area contributed by atoms with Gasteiger partial charge in [-0.1, -0.05) is 23.7 Å². The SMILES string of the molecule is CC(c1cccc(Cl)c1)n1c(N2CC[C@@H](F)[C@H](N)C2)nc2cc(F)c(F)cc21. The maximum atomic E-state index is 14.0. The summed E-state index contributed by atoms with van der Waals surface area (Å²) in [6, 6.07) is 8.65. The first-order chi connectivity index (χ1) is 13.3. The Hall–Kier alpha value is -2.25. The molecule has 3 aromatic rings. The summed E-state index contributed by atoms with van der Waals surface area (Å²) in [6.07, 6.45) is -0.798. The van der Waals surface area contributed by atoms with Crippen LogP contribution in [0.2, 0.25) is 5.02 Å². The van der Waals surface area contributed by atoms with Gasteiger partial charge in [-0.25, -0.2) is 18.2 Å². The molecule has 1 aliphatic heterocycles. The molecule has 1 saturated heterocycles. The maximum absolute atomic E-state index is 14.0. The largest absolute Gasteiger partial charge is 0.340 e. The number of hydrogen-bond acceptors (Lipinski definition) is 3. The summed E-state index contributed by atoms with van der Waals surface area (Å²) in [6.45, 7) is 2.63. The lowest BCUT2D eigenvalue weighted by atomic mass is 10.0. The zero-order valence-electron chi connectivity index (χ0n) is 15.2. The number of benzene rings is 2. The van der Waals surface area contributed by atoms with Crippen molar-refractivity contribution in [1.29, 1.82) is 0 Å². The summed E-state index contributed by atoms with van der Waals surface area (Å²) in [4.78, 5) is 6.41. The molecule has 0 radical (unpaired) electrons. The van der Waals surface area contributed by atoms with Crippen molar-refractivity contribution in [3.05, 3.63) is 58.6 Å². The van der Waals surface area contributed by atoms with E-state index in [1.54, 1.807) is 6.07 Å². The van der Waals surface area contributed by atoms with Crippen LogP contribution in [0.3, 0.4) is 0 Å². The van der Waals surface area contributed by atoms with Crippen LogP contribution in [-0.2, 0) is 0 Å². The van der Waals surface area contributed by atoms with Gasteiger partial charge in [0, 0.05) is 30.2 Å². The highest BCUT2D eigenvalue weighted by Gasteiger charge is 2.30. The van der Waals surface area contributed by atoms with Crippen molar-refractivity contribution in [2.45, 2.75) is 31.6 Å². The highest BCUT2D eigenvalue weighted by atomic mass is 35.5. The Kier molecular flexibility index (Phi) is 4.97. The van der Waals surface area contributed by atoms with Crippen LogP contribution in [0.15, 0.2) is 36.4 Å². The summed E-state index contributed by atoms with van der Waals surface area (Å²) in [5, 5.41) is 0.577. The molecule has 2 aromatic carbocycles. The third-order valence-corrected chi connectivity index (χ3v) is 5.52. The number of hydrogen-bond donors (Lipinski definition) is 1. The van der Waals surface area contributed by atoms with Crippen molar-refractivity contribution >= 4 is 28.6 Å². The second-order valence-corrected chi connectivity index (χ2v) is 7.62. The topological polar surface area (TPSA) is 47.1 Å². The Morgan fingerprint density at radius 1 is 1.21 bits per heavy atom. The van der Waals surface area contributed by atoms with Crippen LogP contribution in [0.5, 0.6) is 0 Å². The first-order valence-electron chi connectivity index (χ1n) is 9.12. The second kappa shape index (κ2) is 7.29. The first-order valence-corrected chi connectivity index (χ1v) is 9.50. The van der Waals surface area contributed by atoms with Crippen LogP contribution in [-0.4, -0.2) is 34.9 Å². The predicted molar refractivity (Wildman–Crippen MR) is 105 cm³/mol. The molecular weight excluding hydrogens is 389 g/mol. The Balaban J connectivity index is 1.87. The number of nitrogens with two attached hydrogens (primary N) is 1. The average molecular weight is 409 g/mol. The third-order valence-electron chi connectivity index (χ3n) is 5.28. The van der Waals surface area contributed by atoms with Gasteiger partial charge in [-0.3, -0.25) is 0 Å². The minimum Gasteiger partial charge on any atom is -0.340 e. The molecule has 2 N–H and O–H groups in total. The van der Waals surface area contributed by atoms with Gasteiger partial charge in [-0.2, -0.15) is 0 Å². The van der Waals surface area contributed by atoms with Gasteiger partial charge in [-0.05, 0) is 31.0 Å². The van der Waals surface area contributed by atoms with E-state index < -0.39 is 23.8 Å². The predicted octanol–water partition coefficient (Wildman–Crippen LogP) is 4.45. The number of aromatic nitrogens is 2. The zero-order chi connectivity index (χ0) is 20.0. The highest BCUT2D eigenvalue weighted by Crippen LogP contribution is 2.33. The molecule has 1 aliphatic rings.